The highest BCUT2D eigenvalue weighted by Gasteiger charge is 2.61. The van der Waals surface area contributed by atoms with E-state index in [1.54, 1.807) is 11.1 Å². The van der Waals surface area contributed by atoms with Crippen molar-refractivity contribution in [2.45, 2.75) is 56.8 Å². The Bertz CT molecular complexity index is 2640. The van der Waals surface area contributed by atoms with Crippen LogP contribution in [0.3, 0.4) is 0 Å². The Balaban J connectivity index is 1.08. The molecule has 0 amide bonds. The Morgan fingerprint density at radius 2 is 1.00 bits per heavy atom. The van der Waals surface area contributed by atoms with Crippen LogP contribution < -0.4 is 4.90 Å². The van der Waals surface area contributed by atoms with Crippen molar-refractivity contribution in [2.24, 2.45) is 23.7 Å². The van der Waals surface area contributed by atoms with Crippen molar-refractivity contribution in [1.29, 1.82) is 0 Å². The molecule has 0 N–H and O–H groups in total. The Morgan fingerprint density at radius 1 is 0.411 bits per heavy atom. The monoisotopic (exact) mass is 721 g/mol. The van der Waals surface area contributed by atoms with Crippen LogP contribution in [0, 0.1) is 23.7 Å². The zero-order valence-electron chi connectivity index (χ0n) is 32.4. The van der Waals surface area contributed by atoms with E-state index in [1.165, 1.54) is 105 Å². The van der Waals surface area contributed by atoms with Crippen LogP contribution in [0.4, 0.5) is 17.1 Å². The minimum atomic E-state index is -0.0794. The summed E-state index contributed by atoms with van der Waals surface area (Å²) in [4.78, 5) is 2.56. The lowest BCUT2D eigenvalue weighted by molar-refractivity contribution is -0.0399. The van der Waals surface area contributed by atoms with Crippen LogP contribution in [0.1, 0.15) is 68.2 Å². The topological polar surface area (TPSA) is 3.24 Å². The molecule has 272 valence electrons. The summed E-state index contributed by atoms with van der Waals surface area (Å²) >= 11 is 0. The van der Waals surface area contributed by atoms with Gasteiger partial charge in [-0.15, -0.1) is 0 Å². The van der Waals surface area contributed by atoms with E-state index in [2.05, 4.69) is 183 Å². The molecule has 0 radical (unpaired) electrons. The number of benzene rings is 7. The molecule has 6 aliphatic carbocycles. The van der Waals surface area contributed by atoms with Crippen molar-refractivity contribution in [2.75, 3.05) is 4.90 Å². The first-order chi connectivity index (χ1) is 27.5. The fourth-order valence-corrected chi connectivity index (χ4v) is 12.9. The molecule has 0 heterocycles. The zero-order valence-corrected chi connectivity index (χ0v) is 32.4. The summed E-state index contributed by atoms with van der Waals surface area (Å²) < 4.78 is 0. The molecule has 4 fully saturated rings. The summed E-state index contributed by atoms with van der Waals surface area (Å²) in [5.74, 6) is 3.25. The van der Waals surface area contributed by atoms with Gasteiger partial charge in [-0.05, 0) is 153 Å². The van der Waals surface area contributed by atoms with Crippen LogP contribution in [0.2, 0.25) is 0 Å². The molecule has 6 aliphatic rings. The minimum absolute atomic E-state index is 0.0794. The molecule has 0 unspecified atom stereocenters. The number of hydrogen-bond acceptors (Lipinski definition) is 1. The average Bonchev–Trinajstić information content (AvgIpc) is 3.66. The van der Waals surface area contributed by atoms with Gasteiger partial charge in [-0.25, -0.2) is 0 Å². The van der Waals surface area contributed by atoms with E-state index in [0.717, 1.165) is 11.8 Å². The van der Waals surface area contributed by atoms with E-state index in [0.29, 0.717) is 11.8 Å². The number of fused-ring (bicyclic) bond motifs is 6. The van der Waals surface area contributed by atoms with Gasteiger partial charge >= 0.3 is 0 Å². The predicted molar refractivity (Wildman–Crippen MR) is 233 cm³/mol. The maximum absolute atomic E-state index is 2.62. The number of anilines is 3. The predicted octanol–water partition coefficient (Wildman–Crippen LogP) is 14.5. The summed E-state index contributed by atoms with van der Waals surface area (Å²) in [5.41, 5.74) is 20.4. The molecule has 4 bridgehead atoms. The van der Waals surface area contributed by atoms with E-state index < -0.39 is 0 Å². The van der Waals surface area contributed by atoms with Gasteiger partial charge in [0.1, 0.15) is 0 Å². The second-order valence-electron chi connectivity index (χ2n) is 18.1. The van der Waals surface area contributed by atoms with E-state index in [9.17, 15) is 0 Å². The van der Waals surface area contributed by atoms with Gasteiger partial charge in [0, 0.05) is 27.8 Å². The van der Waals surface area contributed by atoms with Crippen LogP contribution >= 0.6 is 0 Å². The normalized spacial score (nSPS) is 24.1. The van der Waals surface area contributed by atoms with Crippen molar-refractivity contribution < 1.29 is 0 Å². The first kappa shape index (κ1) is 32.6. The quantitative estimate of drug-likeness (QED) is 0.171. The van der Waals surface area contributed by atoms with E-state index in [1.807, 2.05) is 0 Å². The Hall–Kier alpha value is -5.66. The first-order valence-corrected chi connectivity index (χ1v) is 21.0. The molecule has 13 rings (SSSR count). The summed E-state index contributed by atoms with van der Waals surface area (Å²) in [6.45, 7) is 4.78. The van der Waals surface area contributed by atoms with Crippen LogP contribution in [0.5, 0.6) is 0 Å². The Morgan fingerprint density at radius 3 is 1.71 bits per heavy atom. The largest absolute Gasteiger partial charge is 0.310 e. The van der Waals surface area contributed by atoms with Gasteiger partial charge in [0.15, 0.2) is 0 Å². The standard InChI is InChI=1S/C55H47N/c1-54(2)48-17-10-9-16-46(48)53-50(54)18-11-19-52(53)56(43-23-20-39(21-24-43)37-12-5-3-6-13-37)44-25-27-49-47(34-44)45-26-22-40(38-14-7-4-8-15-38)33-51(45)55(49)41-29-35-28-36(31-41)32-42(55)30-35/h3-27,33-36,41-42H,28-32H2,1-2H3. The van der Waals surface area contributed by atoms with Gasteiger partial charge in [0.2, 0.25) is 0 Å². The molecule has 1 nitrogen and oxygen atoms in total. The van der Waals surface area contributed by atoms with Crippen molar-refractivity contribution >= 4 is 17.1 Å². The summed E-state index contributed by atoms with van der Waals surface area (Å²) in [5, 5.41) is 0. The van der Waals surface area contributed by atoms with Crippen LogP contribution in [0.15, 0.2) is 164 Å². The molecule has 1 heteroatoms. The third kappa shape index (κ3) is 4.49. The maximum atomic E-state index is 2.62. The van der Waals surface area contributed by atoms with Crippen LogP contribution in [-0.4, -0.2) is 0 Å². The van der Waals surface area contributed by atoms with Crippen molar-refractivity contribution in [3.63, 3.8) is 0 Å². The second kappa shape index (κ2) is 11.9. The van der Waals surface area contributed by atoms with Gasteiger partial charge in [-0.1, -0.05) is 141 Å². The number of hydrogen-bond donors (Lipinski definition) is 0. The molecule has 0 saturated heterocycles. The highest BCUT2D eigenvalue weighted by Crippen LogP contribution is 2.70. The third-order valence-corrected chi connectivity index (χ3v) is 15.1. The molecule has 7 aromatic carbocycles. The number of rotatable bonds is 5. The molecule has 56 heavy (non-hydrogen) atoms. The van der Waals surface area contributed by atoms with Crippen molar-refractivity contribution in [3.8, 4) is 44.5 Å². The Labute approximate surface area is 331 Å². The second-order valence-corrected chi connectivity index (χ2v) is 18.1. The molecule has 4 saturated carbocycles. The molecule has 7 aromatic rings. The van der Waals surface area contributed by atoms with E-state index >= 15 is 0 Å². The average molecular weight is 722 g/mol. The molecular formula is C55H47N. The lowest BCUT2D eigenvalue weighted by atomic mass is 9.43. The van der Waals surface area contributed by atoms with Crippen LogP contribution in [-0.2, 0) is 10.8 Å². The summed E-state index contributed by atoms with van der Waals surface area (Å²) in [6.07, 6.45) is 7.00. The lowest BCUT2D eigenvalue weighted by Gasteiger charge is -2.61. The molecule has 0 aliphatic heterocycles. The highest BCUT2D eigenvalue weighted by molar-refractivity contribution is 5.96. The van der Waals surface area contributed by atoms with Gasteiger partial charge in [0.05, 0.1) is 5.69 Å². The van der Waals surface area contributed by atoms with E-state index in [-0.39, 0.29) is 10.8 Å². The van der Waals surface area contributed by atoms with Crippen molar-refractivity contribution in [3.05, 3.63) is 186 Å². The zero-order chi connectivity index (χ0) is 37.2. The summed E-state index contributed by atoms with van der Waals surface area (Å²) in [6, 6.07) is 62.3. The fourth-order valence-electron chi connectivity index (χ4n) is 12.9. The van der Waals surface area contributed by atoms with E-state index in [4.69, 9.17) is 0 Å². The van der Waals surface area contributed by atoms with Crippen LogP contribution in [0.25, 0.3) is 44.5 Å². The SMILES string of the molecule is CC1(C)c2ccccc2-c2c(N(c3ccc(-c4ccccc4)cc3)c3ccc4c(c3)-c3ccc(-c5ccccc5)cc3C43C4CC5CC(C4)CC3C5)cccc21. The lowest BCUT2D eigenvalue weighted by Crippen LogP contribution is -2.55. The molecule has 0 aromatic heterocycles. The van der Waals surface area contributed by atoms with Crippen molar-refractivity contribution in [1.82, 2.24) is 0 Å². The first-order valence-electron chi connectivity index (χ1n) is 21.0. The third-order valence-electron chi connectivity index (χ3n) is 15.1. The fraction of sp³-hybridized carbons (Fsp3) is 0.236. The number of nitrogens with zero attached hydrogens (tertiary/aromatic N) is 1. The van der Waals surface area contributed by atoms with Gasteiger partial charge < -0.3 is 4.90 Å². The van der Waals surface area contributed by atoms with Gasteiger partial charge in [-0.2, -0.15) is 0 Å². The van der Waals surface area contributed by atoms with Gasteiger partial charge in [0.25, 0.3) is 0 Å². The maximum Gasteiger partial charge on any atom is 0.0543 e. The van der Waals surface area contributed by atoms with Gasteiger partial charge in [-0.3, -0.25) is 0 Å². The summed E-state index contributed by atoms with van der Waals surface area (Å²) in [7, 11) is 0. The smallest absolute Gasteiger partial charge is 0.0543 e. The minimum Gasteiger partial charge on any atom is -0.310 e. The molecule has 1 spiro atoms. The molecule has 0 atom stereocenters. The Kier molecular flexibility index (Phi) is 6.93. The molecular weight excluding hydrogens is 675 g/mol. The highest BCUT2D eigenvalue weighted by atomic mass is 15.1.